The number of thioether (sulfide) groups is 1. The van der Waals surface area contributed by atoms with Gasteiger partial charge in [-0.2, -0.15) is 13.2 Å². The highest BCUT2D eigenvalue weighted by molar-refractivity contribution is 8.00. The number of carboxylic acids is 1. The molecule has 0 bridgehead atoms. The summed E-state index contributed by atoms with van der Waals surface area (Å²) >= 11 is -0.0379. The summed E-state index contributed by atoms with van der Waals surface area (Å²) in [5, 5.41) is 15.8. The van der Waals surface area contributed by atoms with Gasteiger partial charge in [0, 0.05) is 25.4 Å². The molecule has 0 saturated carbocycles. The smallest absolute Gasteiger partial charge is 0.441 e. The van der Waals surface area contributed by atoms with Crippen LogP contribution in [0, 0.1) is 0 Å². The fraction of sp³-hybridized carbons (Fsp3) is 0.667. The van der Waals surface area contributed by atoms with Gasteiger partial charge in [-0.05, 0) is 11.8 Å². The monoisotopic (exact) mass is 296 g/mol. The van der Waals surface area contributed by atoms with Crippen molar-refractivity contribution in [3.8, 4) is 0 Å². The lowest BCUT2D eigenvalue weighted by atomic mass is 10.1. The van der Waals surface area contributed by atoms with E-state index in [9.17, 15) is 18.0 Å². The topological polar surface area (TPSA) is 71.2 Å². The van der Waals surface area contributed by atoms with Crippen LogP contribution in [0.4, 0.5) is 13.2 Å². The highest BCUT2D eigenvalue weighted by atomic mass is 32.2. The molecule has 0 radical (unpaired) electrons. The number of hydrogen-bond acceptors (Lipinski definition) is 5. The summed E-state index contributed by atoms with van der Waals surface area (Å²) in [5.74, 6) is -1.16. The van der Waals surface area contributed by atoms with Crippen molar-refractivity contribution < 1.29 is 23.1 Å². The van der Waals surface area contributed by atoms with E-state index < -0.39 is 11.5 Å². The van der Waals surface area contributed by atoms with Gasteiger partial charge in [-0.3, -0.25) is 4.90 Å². The van der Waals surface area contributed by atoms with Gasteiger partial charge in [0.2, 0.25) is 0 Å². The van der Waals surface area contributed by atoms with Crippen LogP contribution in [-0.2, 0) is 0 Å². The third kappa shape index (κ3) is 3.83. The van der Waals surface area contributed by atoms with E-state index in [4.69, 9.17) is 5.11 Å². The number of carboxylic acid groups (broad SMARTS) is 1. The highest BCUT2D eigenvalue weighted by Gasteiger charge is 2.32. The first-order valence-corrected chi connectivity index (χ1v) is 6.42. The minimum absolute atomic E-state index is 0.00600. The van der Waals surface area contributed by atoms with Gasteiger partial charge in [0.15, 0.2) is 5.69 Å². The fourth-order valence-electron chi connectivity index (χ4n) is 1.74. The van der Waals surface area contributed by atoms with Crippen LogP contribution in [0.5, 0.6) is 0 Å². The lowest BCUT2D eigenvalue weighted by Gasteiger charge is -2.38. The van der Waals surface area contributed by atoms with E-state index in [1.54, 1.807) is 0 Å². The maximum Gasteiger partial charge on any atom is 0.441 e. The second-order valence-corrected chi connectivity index (χ2v) is 5.26. The van der Waals surface area contributed by atoms with Gasteiger partial charge in [-0.1, -0.05) is 5.21 Å². The van der Waals surface area contributed by atoms with E-state index in [-0.39, 0.29) is 29.3 Å². The first-order valence-electron chi connectivity index (χ1n) is 5.43. The largest absolute Gasteiger partial charge is 0.476 e. The quantitative estimate of drug-likeness (QED) is 0.877. The molecule has 10 heteroatoms. The Morgan fingerprint density at radius 3 is 2.74 bits per heavy atom. The molecule has 0 atom stereocenters. The molecule has 19 heavy (non-hydrogen) atoms. The Bertz CT molecular complexity index is 459. The van der Waals surface area contributed by atoms with Gasteiger partial charge >= 0.3 is 11.5 Å². The molecule has 0 spiro atoms. The van der Waals surface area contributed by atoms with Gasteiger partial charge in [-0.15, -0.1) is 5.10 Å². The van der Waals surface area contributed by atoms with E-state index in [1.807, 2.05) is 4.90 Å². The standard InChI is InChI=1S/C9H11F3N4O2S/c10-9(11,12)19-2-1-15-3-6(4-15)16-5-7(8(17)18)13-14-16/h5-6H,1-4H2,(H,17,18). The van der Waals surface area contributed by atoms with Crippen LogP contribution in [0.3, 0.4) is 0 Å². The number of aromatic carboxylic acids is 1. The Morgan fingerprint density at radius 1 is 1.53 bits per heavy atom. The molecule has 1 saturated heterocycles. The first-order chi connectivity index (χ1) is 8.85. The van der Waals surface area contributed by atoms with Crippen molar-refractivity contribution >= 4 is 17.7 Å². The number of alkyl halides is 3. The lowest BCUT2D eigenvalue weighted by molar-refractivity contribution is -0.0330. The maximum absolute atomic E-state index is 11.9. The Kier molecular flexibility index (Phi) is 3.99. The molecule has 0 amide bonds. The molecule has 1 aromatic rings. The van der Waals surface area contributed by atoms with Crippen LogP contribution in [0.1, 0.15) is 16.5 Å². The second-order valence-electron chi connectivity index (χ2n) is 4.10. The average Bonchev–Trinajstić information content (AvgIpc) is 2.68. The normalized spacial score (nSPS) is 17.4. The molecule has 1 aliphatic rings. The van der Waals surface area contributed by atoms with E-state index in [0.29, 0.717) is 19.6 Å². The number of nitrogens with zero attached hydrogens (tertiary/aromatic N) is 4. The summed E-state index contributed by atoms with van der Waals surface area (Å²) in [4.78, 5) is 12.5. The van der Waals surface area contributed by atoms with Crippen LogP contribution >= 0.6 is 11.8 Å². The SMILES string of the molecule is O=C(O)c1cn(C2CN(CCSC(F)(F)F)C2)nn1. The average molecular weight is 296 g/mol. The molecule has 2 rings (SSSR count). The molecular formula is C9H11F3N4O2S. The molecule has 6 nitrogen and oxygen atoms in total. The van der Waals surface area contributed by atoms with Gasteiger partial charge in [0.05, 0.1) is 12.2 Å². The summed E-state index contributed by atoms with van der Waals surface area (Å²) in [6.45, 7) is 1.46. The van der Waals surface area contributed by atoms with Crippen LogP contribution in [0.15, 0.2) is 6.20 Å². The van der Waals surface area contributed by atoms with Crippen molar-refractivity contribution in [1.82, 2.24) is 19.9 Å². The summed E-state index contributed by atoms with van der Waals surface area (Å²) in [6.07, 6.45) is 1.33. The molecule has 1 N–H and O–H groups in total. The van der Waals surface area contributed by atoms with Crippen LogP contribution < -0.4 is 0 Å². The summed E-state index contributed by atoms with van der Waals surface area (Å²) < 4.78 is 37.2. The third-order valence-electron chi connectivity index (χ3n) is 2.71. The Balaban J connectivity index is 1.72. The summed E-state index contributed by atoms with van der Waals surface area (Å²) in [5.41, 5.74) is -4.32. The zero-order valence-electron chi connectivity index (χ0n) is 9.67. The van der Waals surface area contributed by atoms with Crippen LogP contribution in [0.25, 0.3) is 0 Å². The number of hydrogen-bond donors (Lipinski definition) is 1. The van der Waals surface area contributed by atoms with Gasteiger partial charge in [-0.25, -0.2) is 9.48 Å². The lowest BCUT2D eigenvalue weighted by Crippen LogP contribution is -2.48. The minimum atomic E-state index is -4.19. The molecule has 1 fully saturated rings. The molecule has 0 aliphatic carbocycles. The van der Waals surface area contributed by atoms with Crippen LogP contribution in [0.2, 0.25) is 0 Å². The van der Waals surface area contributed by atoms with Crippen molar-refractivity contribution in [3.05, 3.63) is 11.9 Å². The Labute approximate surface area is 110 Å². The highest BCUT2D eigenvalue weighted by Crippen LogP contribution is 2.30. The molecule has 0 unspecified atom stereocenters. The number of carbonyl (C=O) groups is 1. The van der Waals surface area contributed by atoms with Crippen molar-refractivity contribution in [2.75, 3.05) is 25.4 Å². The van der Waals surface area contributed by atoms with E-state index in [1.165, 1.54) is 10.9 Å². The van der Waals surface area contributed by atoms with Crippen molar-refractivity contribution in [2.24, 2.45) is 0 Å². The van der Waals surface area contributed by atoms with Crippen molar-refractivity contribution in [3.63, 3.8) is 0 Å². The maximum atomic E-state index is 11.9. The first kappa shape index (κ1) is 14.1. The van der Waals surface area contributed by atoms with E-state index in [2.05, 4.69) is 10.3 Å². The molecule has 2 heterocycles. The fourth-order valence-corrected chi connectivity index (χ4v) is 2.32. The zero-order valence-corrected chi connectivity index (χ0v) is 10.5. The third-order valence-corrected chi connectivity index (χ3v) is 3.43. The van der Waals surface area contributed by atoms with Gasteiger partial charge < -0.3 is 5.11 Å². The number of aromatic nitrogens is 3. The molecule has 106 valence electrons. The zero-order chi connectivity index (χ0) is 14.0. The molecule has 1 aromatic heterocycles. The minimum Gasteiger partial charge on any atom is -0.476 e. The Morgan fingerprint density at radius 2 is 2.21 bits per heavy atom. The molecular weight excluding hydrogens is 285 g/mol. The Hall–Kier alpha value is -1.29. The summed E-state index contributed by atoms with van der Waals surface area (Å²) in [6, 6.07) is -0.0171. The van der Waals surface area contributed by atoms with E-state index >= 15 is 0 Å². The van der Waals surface area contributed by atoms with Crippen molar-refractivity contribution in [2.45, 2.75) is 11.6 Å². The number of halogens is 3. The number of rotatable bonds is 5. The number of likely N-dealkylation sites (tertiary alicyclic amines) is 1. The van der Waals surface area contributed by atoms with E-state index in [0.717, 1.165) is 0 Å². The van der Waals surface area contributed by atoms with Crippen molar-refractivity contribution in [1.29, 1.82) is 0 Å². The molecule has 1 aliphatic heterocycles. The predicted molar refractivity (Wildman–Crippen MR) is 61.0 cm³/mol. The van der Waals surface area contributed by atoms with Gasteiger partial charge in [0.25, 0.3) is 0 Å². The second kappa shape index (κ2) is 5.37. The predicted octanol–water partition coefficient (Wildman–Crippen LogP) is 1.09. The van der Waals surface area contributed by atoms with Crippen LogP contribution in [-0.4, -0.2) is 61.9 Å². The summed E-state index contributed by atoms with van der Waals surface area (Å²) in [7, 11) is 0. The molecule has 0 aromatic carbocycles. The van der Waals surface area contributed by atoms with Gasteiger partial charge in [0.1, 0.15) is 0 Å².